The molecule has 2 atom stereocenters. The Kier molecular flexibility index (Phi) is 4.27. The molecule has 1 aliphatic heterocycles. The Morgan fingerprint density at radius 2 is 2.28 bits per heavy atom. The van der Waals surface area contributed by atoms with Crippen molar-refractivity contribution >= 4 is 17.5 Å². The molecule has 0 aliphatic carbocycles. The molecule has 0 aromatic carbocycles. The van der Waals surface area contributed by atoms with Gasteiger partial charge in [-0.3, -0.25) is 0 Å². The molecule has 2 heterocycles. The highest BCUT2D eigenvalue weighted by Crippen LogP contribution is 2.29. The minimum absolute atomic E-state index is 0.322. The van der Waals surface area contributed by atoms with E-state index in [2.05, 4.69) is 21.8 Å². The molecular formula is C13H20ClN3O. The van der Waals surface area contributed by atoms with Crippen LogP contribution in [0.1, 0.15) is 26.0 Å². The summed E-state index contributed by atoms with van der Waals surface area (Å²) >= 11 is 6.06. The molecule has 0 N–H and O–H groups in total. The predicted octanol–water partition coefficient (Wildman–Crippen LogP) is 2.64. The Balaban J connectivity index is 2.27. The van der Waals surface area contributed by atoms with Crippen molar-refractivity contribution in [2.75, 3.05) is 23.9 Å². The molecule has 1 saturated heterocycles. The van der Waals surface area contributed by atoms with E-state index in [1.165, 1.54) is 0 Å². The van der Waals surface area contributed by atoms with E-state index in [4.69, 9.17) is 16.3 Å². The third-order valence-electron chi connectivity index (χ3n) is 3.41. The highest BCUT2D eigenvalue weighted by atomic mass is 35.5. The number of nitrogens with zero attached hydrogens (tertiary/aromatic N) is 3. The van der Waals surface area contributed by atoms with Crippen LogP contribution >= 0.6 is 11.6 Å². The van der Waals surface area contributed by atoms with Crippen molar-refractivity contribution in [1.29, 1.82) is 0 Å². The van der Waals surface area contributed by atoms with Crippen molar-refractivity contribution in [2.24, 2.45) is 5.92 Å². The summed E-state index contributed by atoms with van der Waals surface area (Å²) in [6.07, 6.45) is 1.14. The van der Waals surface area contributed by atoms with Gasteiger partial charge in [-0.1, -0.05) is 6.92 Å². The molecule has 5 heteroatoms. The number of alkyl halides is 1. The highest BCUT2D eigenvalue weighted by molar-refractivity contribution is 6.18. The van der Waals surface area contributed by atoms with E-state index < -0.39 is 0 Å². The molecular weight excluding hydrogens is 250 g/mol. The van der Waals surface area contributed by atoms with Gasteiger partial charge in [0.05, 0.1) is 6.61 Å². The van der Waals surface area contributed by atoms with E-state index in [1.54, 1.807) is 0 Å². The van der Waals surface area contributed by atoms with Crippen LogP contribution in [0.15, 0.2) is 6.07 Å². The van der Waals surface area contributed by atoms with Gasteiger partial charge >= 0.3 is 0 Å². The second kappa shape index (κ2) is 5.74. The first-order valence-electron chi connectivity index (χ1n) is 6.46. The van der Waals surface area contributed by atoms with E-state index in [-0.39, 0.29) is 0 Å². The Morgan fingerprint density at radius 1 is 1.50 bits per heavy atom. The maximum absolute atomic E-state index is 6.06. The lowest BCUT2D eigenvalue weighted by Crippen LogP contribution is -2.35. The van der Waals surface area contributed by atoms with Gasteiger partial charge in [0.2, 0.25) is 11.8 Å². The Labute approximate surface area is 113 Å². The largest absolute Gasteiger partial charge is 0.478 e. The number of aromatic nitrogens is 2. The summed E-state index contributed by atoms with van der Waals surface area (Å²) in [6, 6.07) is 2.19. The van der Waals surface area contributed by atoms with Gasteiger partial charge in [-0.2, -0.15) is 4.98 Å². The molecule has 4 nitrogen and oxygen atoms in total. The van der Waals surface area contributed by atoms with Gasteiger partial charge in [-0.05, 0) is 26.2 Å². The van der Waals surface area contributed by atoms with Crippen LogP contribution in [0.25, 0.3) is 0 Å². The second-order valence-corrected chi connectivity index (χ2v) is 5.07. The van der Waals surface area contributed by atoms with Crippen LogP contribution in [0.3, 0.4) is 0 Å². The van der Waals surface area contributed by atoms with Crippen LogP contribution in [0, 0.1) is 12.8 Å². The summed E-state index contributed by atoms with van der Waals surface area (Å²) in [7, 11) is 0. The molecule has 0 radical (unpaired) electrons. The SMILES string of the molecule is CCOc1cc(C)nc(N2CCC(C)C2CCl)n1. The summed E-state index contributed by atoms with van der Waals surface area (Å²) in [6.45, 7) is 7.73. The second-order valence-electron chi connectivity index (χ2n) is 4.76. The Bertz CT molecular complexity index is 413. The van der Waals surface area contributed by atoms with E-state index in [9.17, 15) is 0 Å². The van der Waals surface area contributed by atoms with Gasteiger partial charge in [-0.15, -0.1) is 11.6 Å². The molecule has 1 aliphatic rings. The van der Waals surface area contributed by atoms with E-state index in [0.29, 0.717) is 30.3 Å². The molecule has 1 aromatic rings. The third kappa shape index (κ3) is 2.69. The van der Waals surface area contributed by atoms with Crippen molar-refractivity contribution in [2.45, 2.75) is 33.2 Å². The van der Waals surface area contributed by atoms with E-state index in [1.807, 2.05) is 19.9 Å². The minimum Gasteiger partial charge on any atom is -0.478 e. The smallest absolute Gasteiger partial charge is 0.229 e. The number of ether oxygens (including phenoxy) is 1. The van der Waals surface area contributed by atoms with Gasteiger partial charge in [0.25, 0.3) is 0 Å². The number of hydrogen-bond donors (Lipinski definition) is 0. The molecule has 18 heavy (non-hydrogen) atoms. The number of rotatable bonds is 4. The van der Waals surface area contributed by atoms with Crippen molar-refractivity contribution < 1.29 is 4.74 Å². The minimum atomic E-state index is 0.322. The molecule has 0 amide bonds. The lowest BCUT2D eigenvalue weighted by atomic mass is 10.1. The van der Waals surface area contributed by atoms with Crippen LogP contribution in [0.5, 0.6) is 5.88 Å². The molecule has 0 bridgehead atoms. The van der Waals surface area contributed by atoms with E-state index in [0.717, 1.165) is 24.6 Å². The molecule has 1 aromatic heterocycles. The summed E-state index contributed by atoms with van der Waals surface area (Å²) in [5.41, 5.74) is 0.927. The zero-order valence-electron chi connectivity index (χ0n) is 11.2. The predicted molar refractivity (Wildman–Crippen MR) is 73.6 cm³/mol. The monoisotopic (exact) mass is 269 g/mol. The molecule has 2 rings (SSSR count). The standard InChI is InChI=1S/C13H20ClN3O/c1-4-18-12-7-10(3)15-13(16-12)17-6-5-9(2)11(17)8-14/h7,9,11H,4-6,8H2,1-3H3. The van der Waals surface area contributed by atoms with Gasteiger partial charge in [0.15, 0.2) is 0 Å². The first-order chi connectivity index (χ1) is 8.65. The maximum atomic E-state index is 6.06. The average molecular weight is 270 g/mol. The third-order valence-corrected chi connectivity index (χ3v) is 3.72. The quantitative estimate of drug-likeness (QED) is 0.788. The first kappa shape index (κ1) is 13.4. The normalized spacial score (nSPS) is 23.4. The van der Waals surface area contributed by atoms with Gasteiger partial charge < -0.3 is 9.64 Å². The lowest BCUT2D eigenvalue weighted by molar-refractivity contribution is 0.325. The van der Waals surface area contributed by atoms with Crippen LogP contribution in [-0.4, -0.2) is 35.0 Å². The first-order valence-corrected chi connectivity index (χ1v) is 7.00. The van der Waals surface area contributed by atoms with Gasteiger partial charge in [0, 0.05) is 30.2 Å². The molecule has 2 unspecified atom stereocenters. The number of anilines is 1. The zero-order valence-corrected chi connectivity index (χ0v) is 11.9. The fourth-order valence-electron chi connectivity index (χ4n) is 2.37. The fourth-order valence-corrected chi connectivity index (χ4v) is 2.84. The van der Waals surface area contributed by atoms with E-state index >= 15 is 0 Å². The molecule has 1 fully saturated rings. The molecule has 0 saturated carbocycles. The number of hydrogen-bond acceptors (Lipinski definition) is 4. The van der Waals surface area contributed by atoms with Crippen LogP contribution < -0.4 is 9.64 Å². The summed E-state index contributed by atoms with van der Waals surface area (Å²) in [4.78, 5) is 11.2. The van der Waals surface area contributed by atoms with Gasteiger partial charge in [0.1, 0.15) is 0 Å². The van der Waals surface area contributed by atoms with Crippen LogP contribution in [0.4, 0.5) is 5.95 Å². The van der Waals surface area contributed by atoms with Crippen LogP contribution in [0.2, 0.25) is 0 Å². The Hall–Kier alpha value is -1.03. The average Bonchev–Trinajstić information content (AvgIpc) is 2.70. The van der Waals surface area contributed by atoms with Crippen LogP contribution in [-0.2, 0) is 0 Å². The number of aryl methyl sites for hydroxylation is 1. The fraction of sp³-hybridized carbons (Fsp3) is 0.692. The van der Waals surface area contributed by atoms with Gasteiger partial charge in [-0.25, -0.2) is 4.98 Å². The van der Waals surface area contributed by atoms with Crippen molar-refractivity contribution in [3.63, 3.8) is 0 Å². The van der Waals surface area contributed by atoms with Crippen molar-refractivity contribution in [1.82, 2.24) is 9.97 Å². The van der Waals surface area contributed by atoms with Crippen molar-refractivity contribution in [3.05, 3.63) is 11.8 Å². The lowest BCUT2D eigenvalue weighted by Gasteiger charge is -2.25. The topological polar surface area (TPSA) is 38.2 Å². The molecule has 0 spiro atoms. The number of halogens is 1. The maximum Gasteiger partial charge on any atom is 0.229 e. The zero-order chi connectivity index (χ0) is 13.1. The summed E-state index contributed by atoms with van der Waals surface area (Å²) in [5.74, 6) is 2.59. The summed E-state index contributed by atoms with van der Waals surface area (Å²) in [5, 5.41) is 0. The Morgan fingerprint density at radius 3 is 2.94 bits per heavy atom. The van der Waals surface area contributed by atoms with Crippen molar-refractivity contribution in [3.8, 4) is 5.88 Å². The summed E-state index contributed by atoms with van der Waals surface area (Å²) < 4.78 is 5.47. The highest BCUT2D eigenvalue weighted by Gasteiger charge is 2.32. The molecule has 100 valence electrons.